The Morgan fingerprint density at radius 3 is 1.81 bits per heavy atom. The highest BCUT2D eigenvalue weighted by Crippen LogP contribution is 2.19. The van der Waals surface area contributed by atoms with Crippen LogP contribution in [0.3, 0.4) is 0 Å². The fourth-order valence-corrected chi connectivity index (χ4v) is 4.38. The van der Waals surface area contributed by atoms with E-state index in [1.165, 1.54) is 22.9 Å². The van der Waals surface area contributed by atoms with Crippen LogP contribution in [0.1, 0.15) is 0 Å². The van der Waals surface area contributed by atoms with E-state index < -0.39 is 6.29 Å². The molecule has 6 heterocycles. The molecule has 0 radical (unpaired) electrons. The van der Waals surface area contributed by atoms with Gasteiger partial charge in [-0.15, -0.1) is 0 Å². The molecule has 2 fully saturated rings. The second-order valence-electron chi connectivity index (χ2n) is 8.17. The first kappa shape index (κ1) is 25.2. The van der Waals surface area contributed by atoms with Crippen LogP contribution in [-0.2, 0) is 32.0 Å². The van der Waals surface area contributed by atoms with Crippen molar-refractivity contribution in [2.24, 2.45) is 0 Å². The van der Waals surface area contributed by atoms with Crippen molar-refractivity contribution >= 4 is 43.7 Å². The molecule has 37 heavy (non-hydrogen) atoms. The number of hydrogen-bond donors (Lipinski definition) is 0. The zero-order chi connectivity index (χ0) is 25.8. The molecule has 0 amide bonds. The summed E-state index contributed by atoms with van der Waals surface area (Å²) >= 11 is 3.36. The summed E-state index contributed by atoms with van der Waals surface area (Å²) in [4.78, 5) is 35.7. The molecular formula is C25H22BrN5O6. The molecule has 12 heteroatoms. The first-order valence-corrected chi connectivity index (χ1v) is 12.3. The van der Waals surface area contributed by atoms with Crippen LogP contribution in [0.2, 0.25) is 0 Å². The van der Waals surface area contributed by atoms with Crippen molar-refractivity contribution < 1.29 is 18.9 Å². The van der Waals surface area contributed by atoms with Gasteiger partial charge in [0.25, 0.3) is 11.1 Å². The topological polar surface area (TPSA) is 111 Å². The van der Waals surface area contributed by atoms with Crippen molar-refractivity contribution in [1.29, 1.82) is 0 Å². The summed E-state index contributed by atoms with van der Waals surface area (Å²) in [6.45, 7) is 9.93. The van der Waals surface area contributed by atoms with E-state index >= 15 is 0 Å². The van der Waals surface area contributed by atoms with Crippen LogP contribution in [0.25, 0.3) is 26.9 Å². The Hall–Kier alpha value is -3.47. The summed E-state index contributed by atoms with van der Waals surface area (Å²) in [6, 6.07) is 9.87. The third-order valence-electron chi connectivity index (χ3n) is 5.80. The number of aromatic nitrogens is 4. The average Bonchev–Trinajstić information content (AvgIpc) is 3.62. The third kappa shape index (κ3) is 5.76. The molecule has 6 rings (SSSR count). The van der Waals surface area contributed by atoms with Crippen LogP contribution in [0, 0.1) is 6.57 Å². The van der Waals surface area contributed by atoms with E-state index in [4.69, 9.17) is 25.5 Å². The molecule has 190 valence electrons. The Labute approximate surface area is 219 Å². The molecule has 0 saturated carbocycles. The molecule has 0 atom stereocenters. The number of fused-ring (bicyclic) bond motifs is 2. The van der Waals surface area contributed by atoms with Crippen molar-refractivity contribution in [3.8, 4) is 0 Å². The SMILES string of the molecule is O=c1ccc2ncc(Br)cc2n1CC1OCCO1.[C-]#[N+]c1cnc2ccc(=O)n(CC3OCCO3)c2c1. The summed E-state index contributed by atoms with van der Waals surface area (Å²) in [5.41, 5.74) is 3.01. The lowest BCUT2D eigenvalue weighted by Crippen LogP contribution is -2.27. The normalized spacial score (nSPS) is 16.1. The maximum atomic E-state index is 12.0. The molecule has 4 aromatic rings. The van der Waals surface area contributed by atoms with E-state index in [0.29, 0.717) is 56.2 Å². The van der Waals surface area contributed by atoms with Crippen molar-refractivity contribution in [1.82, 2.24) is 19.1 Å². The molecule has 0 spiro atoms. The number of halogens is 1. The van der Waals surface area contributed by atoms with E-state index in [2.05, 4.69) is 30.7 Å². The fourth-order valence-electron chi connectivity index (χ4n) is 4.06. The lowest BCUT2D eigenvalue weighted by atomic mass is 10.3. The fraction of sp³-hybridized carbons (Fsp3) is 0.320. The minimum atomic E-state index is -0.417. The molecule has 2 saturated heterocycles. The number of rotatable bonds is 4. The monoisotopic (exact) mass is 567 g/mol. The van der Waals surface area contributed by atoms with Crippen molar-refractivity contribution in [3.63, 3.8) is 0 Å². The van der Waals surface area contributed by atoms with Crippen molar-refractivity contribution in [2.75, 3.05) is 26.4 Å². The van der Waals surface area contributed by atoms with Crippen LogP contribution >= 0.6 is 15.9 Å². The molecular weight excluding hydrogens is 546 g/mol. The largest absolute Gasteiger partial charge is 0.348 e. The molecule has 0 aliphatic carbocycles. The van der Waals surface area contributed by atoms with Crippen molar-refractivity contribution in [3.05, 3.63) is 85.4 Å². The Bertz CT molecular complexity index is 1590. The van der Waals surface area contributed by atoms with Gasteiger partial charge in [0, 0.05) is 29.0 Å². The number of hydrogen-bond acceptors (Lipinski definition) is 8. The minimum absolute atomic E-state index is 0.0819. The summed E-state index contributed by atoms with van der Waals surface area (Å²) in [7, 11) is 0. The summed E-state index contributed by atoms with van der Waals surface area (Å²) in [5, 5.41) is 0. The standard InChI is InChI=1S/C13H11N3O3.C12H11BrN2O3/c1-14-9-6-11-10(15-7-9)2-3-12(17)16(11)8-13-18-4-5-19-13;13-8-5-10-9(14-6-8)1-2-11(16)15(10)7-12-17-3-4-18-12/h2-3,6-7,13H,4-5,8H2;1-2,5-6,12H,3-4,7H2. The van der Waals surface area contributed by atoms with Gasteiger partial charge in [0.2, 0.25) is 5.69 Å². The highest BCUT2D eigenvalue weighted by Gasteiger charge is 2.19. The molecule has 0 aromatic carbocycles. The molecule has 4 aromatic heterocycles. The maximum absolute atomic E-state index is 12.0. The predicted molar refractivity (Wildman–Crippen MR) is 137 cm³/mol. The highest BCUT2D eigenvalue weighted by molar-refractivity contribution is 9.10. The van der Waals surface area contributed by atoms with Gasteiger partial charge in [-0.1, -0.05) is 0 Å². The van der Waals surface area contributed by atoms with Crippen LogP contribution in [0.5, 0.6) is 0 Å². The first-order chi connectivity index (χ1) is 18.0. The second kappa shape index (κ2) is 11.3. The Balaban J connectivity index is 0.000000152. The van der Waals surface area contributed by atoms with E-state index in [0.717, 1.165) is 15.5 Å². The molecule has 0 bridgehead atoms. The van der Waals surface area contributed by atoms with Gasteiger partial charge in [-0.25, -0.2) is 4.85 Å². The summed E-state index contributed by atoms with van der Waals surface area (Å²) < 4.78 is 25.5. The molecule has 0 unspecified atom stereocenters. The van der Waals surface area contributed by atoms with Gasteiger partial charge in [-0.3, -0.25) is 19.6 Å². The first-order valence-electron chi connectivity index (χ1n) is 11.5. The van der Waals surface area contributed by atoms with Crippen LogP contribution in [0.15, 0.2) is 62.9 Å². The van der Waals surface area contributed by atoms with Crippen molar-refractivity contribution in [2.45, 2.75) is 25.7 Å². The van der Waals surface area contributed by atoms with E-state index in [1.807, 2.05) is 6.07 Å². The lowest BCUT2D eigenvalue weighted by Gasteiger charge is -2.13. The number of pyridine rings is 4. The Kier molecular flexibility index (Phi) is 7.68. The van der Waals surface area contributed by atoms with Crippen LogP contribution in [0.4, 0.5) is 5.69 Å². The Morgan fingerprint density at radius 1 is 0.811 bits per heavy atom. The van der Waals surface area contributed by atoms with Gasteiger partial charge in [0.1, 0.15) is 0 Å². The zero-order valence-electron chi connectivity index (χ0n) is 19.6. The zero-order valence-corrected chi connectivity index (χ0v) is 21.2. The van der Waals surface area contributed by atoms with Gasteiger partial charge < -0.3 is 28.1 Å². The average molecular weight is 568 g/mol. The number of ether oxygens (including phenoxy) is 4. The summed E-state index contributed by atoms with van der Waals surface area (Å²) in [5.74, 6) is 0. The lowest BCUT2D eigenvalue weighted by molar-refractivity contribution is -0.0525. The van der Waals surface area contributed by atoms with Gasteiger partial charge >= 0.3 is 0 Å². The van der Waals surface area contributed by atoms with E-state index in [9.17, 15) is 9.59 Å². The van der Waals surface area contributed by atoms with Gasteiger partial charge in [-0.05, 0) is 40.2 Å². The molecule has 11 nitrogen and oxygen atoms in total. The quantitative estimate of drug-likeness (QED) is 0.346. The minimum Gasteiger partial charge on any atom is -0.348 e. The smallest absolute Gasteiger partial charge is 0.251 e. The molecule has 0 N–H and O–H groups in total. The second-order valence-corrected chi connectivity index (χ2v) is 9.09. The van der Waals surface area contributed by atoms with Gasteiger partial charge in [0.15, 0.2) is 12.6 Å². The summed E-state index contributed by atoms with van der Waals surface area (Å²) in [6.07, 6.45) is 2.43. The van der Waals surface area contributed by atoms with Gasteiger partial charge in [0.05, 0.1) is 68.2 Å². The van der Waals surface area contributed by atoms with E-state index in [1.54, 1.807) is 29.0 Å². The molecule has 2 aliphatic heterocycles. The van der Waals surface area contributed by atoms with Crippen LogP contribution < -0.4 is 11.1 Å². The van der Waals surface area contributed by atoms with Crippen LogP contribution in [-0.4, -0.2) is 58.1 Å². The maximum Gasteiger partial charge on any atom is 0.251 e. The van der Waals surface area contributed by atoms with Gasteiger partial charge in [-0.2, -0.15) is 0 Å². The third-order valence-corrected chi connectivity index (χ3v) is 6.24. The predicted octanol–water partition coefficient (Wildman–Crippen LogP) is 2.85. The number of nitrogens with zero attached hydrogens (tertiary/aromatic N) is 5. The Morgan fingerprint density at radius 2 is 1.30 bits per heavy atom. The van der Waals surface area contributed by atoms with E-state index in [-0.39, 0.29) is 17.4 Å². The highest BCUT2D eigenvalue weighted by atomic mass is 79.9. The molecule has 2 aliphatic rings.